The van der Waals surface area contributed by atoms with Crippen LogP contribution in [0.1, 0.15) is 49.9 Å². The van der Waals surface area contributed by atoms with Crippen LogP contribution in [0.15, 0.2) is 35.4 Å². The minimum absolute atomic E-state index is 0.0491. The average Bonchev–Trinajstić information content (AvgIpc) is 3.51. The van der Waals surface area contributed by atoms with Crippen LogP contribution in [0.5, 0.6) is 0 Å². The number of likely N-dealkylation sites (tertiary alicyclic amines) is 1. The number of para-hydroxylation sites is 1. The number of fused-ring (bicyclic) bond motifs is 1. The van der Waals surface area contributed by atoms with Crippen LogP contribution < -0.4 is 5.32 Å². The van der Waals surface area contributed by atoms with Gasteiger partial charge in [0.05, 0.1) is 21.4 Å². The number of carbonyl (C=O) groups is 2. The van der Waals surface area contributed by atoms with E-state index < -0.39 is 0 Å². The molecule has 6 heteroatoms. The van der Waals surface area contributed by atoms with E-state index in [9.17, 15) is 9.59 Å². The van der Waals surface area contributed by atoms with Crippen molar-refractivity contribution in [3.8, 4) is 0 Å². The standard InChI is InChI=1S/C22H27N3O2S/c1-14-9-11-25(12-10-14)22(27)15(2)28-20-13-18(21(26)23-16-7-8-16)17-5-3-4-6-19(17)24-20/h3-6,13-16H,7-12H2,1-2H3,(H,23,26). The second kappa shape index (κ2) is 8.11. The molecule has 1 saturated carbocycles. The summed E-state index contributed by atoms with van der Waals surface area (Å²) in [5.41, 5.74) is 1.44. The van der Waals surface area contributed by atoms with Crippen molar-refractivity contribution in [2.45, 2.75) is 55.8 Å². The minimum Gasteiger partial charge on any atom is -0.349 e. The first-order valence-corrected chi connectivity index (χ1v) is 11.1. The molecule has 2 heterocycles. The summed E-state index contributed by atoms with van der Waals surface area (Å²) in [7, 11) is 0. The first-order valence-electron chi connectivity index (χ1n) is 10.2. The van der Waals surface area contributed by atoms with Crippen molar-refractivity contribution >= 4 is 34.5 Å². The summed E-state index contributed by atoms with van der Waals surface area (Å²) in [6, 6.07) is 9.85. The van der Waals surface area contributed by atoms with Crippen molar-refractivity contribution in [3.63, 3.8) is 0 Å². The van der Waals surface area contributed by atoms with Gasteiger partial charge in [-0.2, -0.15) is 0 Å². The van der Waals surface area contributed by atoms with Gasteiger partial charge in [-0.25, -0.2) is 4.98 Å². The van der Waals surface area contributed by atoms with Crippen LogP contribution in [0, 0.1) is 5.92 Å². The Morgan fingerprint density at radius 3 is 2.61 bits per heavy atom. The summed E-state index contributed by atoms with van der Waals surface area (Å²) in [6.07, 6.45) is 4.25. The monoisotopic (exact) mass is 397 g/mol. The number of hydrogen-bond donors (Lipinski definition) is 1. The predicted octanol–water partition coefficient (Wildman–Crippen LogP) is 3.87. The number of aromatic nitrogens is 1. The third-order valence-corrected chi connectivity index (χ3v) is 6.60. The highest BCUT2D eigenvalue weighted by molar-refractivity contribution is 8.00. The van der Waals surface area contributed by atoms with E-state index in [1.165, 1.54) is 11.8 Å². The van der Waals surface area contributed by atoms with Gasteiger partial charge < -0.3 is 10.2 Å². The fourth-order valence-corrected chi connectivity index (χ4v) is 4.56. The van der Waals surface area contributed by atoms with Gasteiger partial charge >= 0.3 is 0 Å². The van der Waals surface area contributed by atoms with Crippen molar-refractivity contribution in [2.24, 2.45) is 5.92 Å². The SMILES string of the molecule is CC1CCN(C(=O)C(C)Sc2cc(C(=O)NC3CC3)c3ccccc3n2)CC1. The molecule has 1 aromatic carbocycles. The highest BCUT2D eigenvalue weighted by Crippen LogP contribution is 2.29. The molecular weight excluding hydrogens is 370 g/mol. The maximum Gasteiger partial charge on any atom is 0.252 e. The predicted molar refractivity (Wildman–Crippen MR) is 113 cm³/mol. The van der Waals surface area contributed by atoms with Crippen LogP contribution >= 0.6 is 11.8 Å². The zero-order valence-electron chi connectivity index (χ0n) is 16.5. The molecule has 2 aromatic rings. The molecule has 148 valence electrons. The number of nitrogens with one attached hydrogen (secondary N) is 1. The molecule has 28 heavy (non-hydrogen) atoms. The van der Waals surface area contributed by atoms with E-state index in [1.54, 1.807) is 0 Å². The molecule has 1 atom stereocenters. The largest absolute Gasteiger partial charge is 0.349 e. The van der Waals surface area contributed by atoms with Crippen molar-refractivity contribution in [3.05, 3.63) is 35.9 Å². The van der Waals surface area contributed by atoms with Gasteiger partial charge in [0.2, 0.25) is 5.91 Å². The van der Waals surface area contributed by atoms with Crippen LogP contribution in [0.3, 0.4) is 0 Å². The lowest BCUT2D eigenvalue weighted by atomic mass is 9.99. The summed E-state index contributed by atoms with van der Waals surface area (Å²) in [5.74, 6) is 0.810. The number of rotatable bonds is 5. The van der Waals surface area contributed by atoms with Gasteiger partial charge in [0, 0.05) is 24.5 Å². The van der Waals surface area contributed by atoms with Crippen LogP contribution in [-0.4, -0.2) is 46.1 Å². The molecule has 0 bridgehead atoms. The minimum atomic E-state index is -0.221. The topological polar surface area (TPSA) is 62.3 Å². The van der Waals surface area contributed by atoms with Gasteiger partial charge in [-0.3, -0.25) is 9.59 Å². The van der Waals surface area contributed by atoms with E-state index in [0.29, 0.717) is 17.5 Å². The Bertz CT molecular complexity index is 888. The fraction of sp³-hybridized carbons (Fsp3) is 0.500. The van der Waals surface area contributed by atoms with Crippen molar-refractivity contribution in [1.29, 1.82) is 0 Å². The zero-order valence-corrected chi connectivity index (χ0v) is 17.3. The third kappa shape index (κ3) is 4.32. The molecule has 1 aliphatic heterocycles. The lowest BCUT2D eigenvalue weighted by Crippen LogP contribution is -2.41. The highest BCUT2D eigenvalue weighted by Gasteiger charge is 2.27. The van der Waals surface area contributed by atoms with Gasteiger partial charge in [0.25, 0.3) is 5.91 Å². The summed E-state index contributed by atoms with van der Waals surface area (Å²) in [4.78, 5) is 32.3. The van der Waals surface area contributed by atoms with Gasteiger partial charge in [0.15, 0.2) is 0 Å². The number of pyridine rings is 1. The Labute approximate surface area is 170 Å². The maximum atomic E-state index is 12.8. The number of hydrogen-bond acceptors (Lipinski definition) is 4. The number of nitrogens with zero attached hydrogens (tertiary/aromatic N) is 2. The van der Waals surface area contributed by atoms with Gasteiger partial charge in [0.1, 0.15) is 0 Å². The highest BCUT2D eigenvalue weighted by atomic mass is 32.2. The zero-order chi connectivity index (χ0) is 19.7. The molecule has 0 spiro atoms. The lowest BCUT2D eigenvalue weighted by Gasteiger charge is -2.32. The van der Waals surface area contributed by atoms with Gasteiger partial charge in [-0.05, 0) is 50.7 Å². The Hall–Kier alpha value is -2.08. The number of benzene rings is 1. The molecule has 1 aromatic heterocycles. The van der Waals surface area contributed by atoms with Crippen molar-refractivity contribution in [2.75, 3.05) is 13.1 Å². The molecular formula is C22H27N3O2S. The molecule has 1 unspecified atom stereocenters. The van der Waals surface area contributed by atoms with E-state index >= 15 is 0 Å². The van der Waals surface area contributed by atoms with E-state index in [2.05, 4.69) is 12.2 Å². The van der Waals surface area contributed by atoms with Crippen LogP contribution in [-0.2, 0) is 4.79 Å². The fourth-order valence-electron chi connectivity index (χ4n) is 3.61. The molecule has 2 amide bonds. The summed E-state index contributed by atoms with van der Waals surface area (Å²) >= 11 is 1.44. The van der Waals surface area contributed by atoms with Gasteiger partial charge in [-0.1, -0.05) is 36.9 Å². The van der Waals surface area contributed by atoms with E-state index in [1.807, 2.05) is 42.2 Å². The Morgan fingerprint density at radius 1 is 1.18 bits per heavy atom. The molecule has 2 aliphatic rings. The summed E-state index contributed by atoms with van der Waals surface area (Å²) < 4.78 is 0. The molecule has 5 nitrogen and oxygen atoms in total. The van der Waals surface area contributed by atoms with E-state index in [-0.39, 0.29) is 17.1 Å². The normalized spacial score (nSPS) is 18.9. The molecule has 4 rings (SSSR count). The average molecular weight is 398 g/mol. The second-order valence-electron chi connectivity index (χ2n) is 8.04. The Balaban J connectivity index is 1.54. The smallest absolute Gasteiger partial charge is 0.252 e. The number of amides is 2. The summed E-state index contributed by atoms with van der Waals surface area (Å²) in [6.45, 7) is 5.86. The quantitative estimate of drug-likeness (QED) is 0.778. The Morgan fingerprint density at radius 2 is 1.89 bits per heavy atom. The number of carbonyl (C=O) groups excluding carboxylic acids is 2. The first-order chi connectivity index (χ1) is 13.5. The van der Waals surface area contributed by atoms with Crippen molar-refractivity contribution in [1.82, 2.24) is 15.2 Å². The summed E-state index contributed by atoms with van der Waals surface area (Å²) in [5, 5.41) is 4.43. The molecule has 1 aliphatic carbocycles. The van der Waals surface area contributed by atoms with E-state index in [0.717, 1.165) is 54.7 Å². The first kappa shape index (κ1) is 19.2. The number of thioether (sulfide) groups is 1. The van der Waals surface area contributed by atoms with E-state index in [4.69, 9.17) is 4.98 Å². The van der Waals surface area contributed by atoms with Crippen molar-refractivity contribution < 1.29 is 9.59 Å². The molecule has 1 saturated heterocycles. The maximum absolute atomic E-state index is 12.8. The Kier molecular flexibility index (Phi) is 5.58. The van der Waals surface area contributed by atoms with Crippen LogP contribution in [0.4, 0.5) is 0 Å². The lowest BCUT2D eigenvalue weighted by molar-refractivity contribution is -0.131. The molecule has 1 N–H and O–H groups in total. The van der Waals surface area contributed by atoms with Gasteiger partial charge in [-0.15, -0.1) is 0 Å². The van der Waals surface area contributed by atoms with Crippen LogP contribution in [0.25, 0.3) is 10.9 Å². The van der Waals surface area contributed by atoms with Crippen LogP contribution in [0.2, 0.25) is 0 Å². The number of piperidine rings is 1. The second-order valence-corrected chi connectivity index (χ2v) is 9.40. The molecule has 0 radical (unpaired) electrons. The molecule has 2 fully saturated rings. The third-order valence-electron chi connectivity index (χ3n) is 5.59.